The molecule has 0 spiro atoms. The van der Waals surface area contributed by atoms with E-state index >= 15 is 0 Å². The van der Waals surface area contributed by atoms with Crippen LogP contribution in [0.3, 0.4) is 0 Å². The van der Waals surface area contributed by atoms with Crippen LogP contribution in [0.5, 0.6) is 0 Å². The molecule has 1 heteroatoms. The van der Waals surface area contributed by atoms with E-state index in [0.29, 0.717) is 0 Å². The Morgan fingerprint density at radius 3 is 1.67 bits per heavy atom. The molecule has 9 heavy (non-hydrogen) atoms. The van der Waals surface area contributed by atoms with Gasteiger partial charge in [-0.15, -0.1) is 0 Å². The Hall–Kier alpha value is 0.350. The van der Waals surface area contributed by atoms with Crippen molar-refractivity contribution in [1.82, 2.24) is 0 Å². The fourth-order valence-corrected chi connectivity index (χ4v) is 6.57. The lowest BCUT2D eigenvalue weighted by Gasteiger charge is -2.70. The van der Waals surface area contributed by atoms with E-state index in [1.807, 2.05) is 0 Å². The molecule has 0 bridgehead atoms. The number of hydrogen-bond acceptors (Lipinski definition) is 0. The van der Waals surface area contributed by atoms with Crippen molar-refractivity contribution < 1.29 is 0 Å². The summed E-state index contributed by atoms with van der Waals surface area (Å²) in [4.78, 5) is 0. The second-order valence-corrected chi connectivity index (χ2v) is 8.34. The SMILES string of the molecule is CC1CC2CC(C)S12C. The van der Waals surface area contributed by atoms with Crippen LogP contribution in [-0.4, -0.2) is 22.0 Å². The minimum Gasteiger partial charge on any atom is -0.236 e. The average Bonchev–Trinajstić information content (AvgIpc) is 1.86. The zero-order chi connectivity index (χ0) is 6.65. The first-order valence-electron chi connectivity index (χ1n) is 3.90. The van der Waals surface area contributed by atoms with E-state index in [-0.39, 0.29) is 10.0 Å². The van der Waals surface area contributed by atoms with Crippen LogP contribution in [-0.2, 0) is 0 Å². The van der Waals surface area contributed by atoms with Gasteiger partial charge in [0, 0.05) is 0 Å². The molecule has 2 fully saturated rings. The van der Waals surface area contributed by atoms with Gasteiger partial charge in [0.15, 0.2) is 0 Å². The summed E-state index contributed by atoms with van der Waals surface area (Å²) >= 11 is 0. The Balaban J connectivity index is 2.14. The highest BCUT2D eigenvalue weighted by atomic mass is 32.3. The molecule has 0 radical (unpaired) electrons. The fourth-order valence-electron chi connectivity index (χ4n) is 2.48. The number of hydrogen-bond donors (Lipinski definition) is 0. The smallest absolute Gasteiger partial charge is 0.00898 e. The lowest BCUT2D eigenvalue weighted by molar-refractivity contribution is 0.545. The summed E-state index contributed by atoms with van der Waals surface area (Å²) < 4.78 is 0. The van der Waals surface area contributed by atoms with Gasteiger partial charge in [0.1, 0.15) is 0 Å². The summed E-state index contributed by atoms with van der Waals surface area (Å²) in [7, 11) is -0.0370. The summed E-state index contributed by atoms with van der Waals surface area (Å²) in [6, 6.07) is 0. The Morgan fingerprint density at radius 1 is 1.11 bits per heavy atom. The van der Waals surface area contributed by atoms with Crippen molar-refractivity contribution in [2.24, 2.45) is 0 Å². The second-order valence-electron chi connectivity index (χ2n) is 3.83. The fraction of sp³-hybridized carbons (Fsp3) is 1.00. The molecule has 0 saturated carbocycles. The quantitative estimate of drug-likeness (QED) is 0.489. The van der Waals surface area contributed by atoms with Crippen LogP contribution in [0.1, 0.15) is 26.7 Å². The molecule has 0 aliphatic carbocycles. The van der Waals surface area contributed by atoms with Gasteiger partial charge in [0.25, 0.3) is 0 Å². The Bertz CT molecular complexity index is 120. The summed E-state index contributed by atoms with van der Waals surface area (Å²) in [6.07, 6.45) is 5.66. The maximum absolute atomic E-state index is 2.56. The molecule has 2 unspecified atom stereocenters. The maximum atomic E-state index is 2.56. The standard InChI is InChI=1S/C8H16S/c1-6-4-8-5-7(2)9(6,8)3/h6-8H,4-5H2,1-3H3. The van der Waals surface area contributed by atoms with Gasteiger partial charge in [-0.05, 0) is 34.8 Å². The summed E-state index contributed by atoms with van der Waals surface area (Å²) in [5.41, 5.74) is 0. The van der Waals surface area contributed by atoms with Gasteiger partial charge < -0.3 is 0 Å². The average molecular weight is 144 g/mol. The van der Waals surface area contributed by atoms with Gasteiger partial charge in [0.05, 0.1) is 0 Å². The third kappa shape index (κ3) is 0.485. The number of fused-ring (bicyclic) bond motifs is 1. The first-order valence-corrected chi connectivity index (χ1v) is 6.13. The highest BCUT2D eigenvalue weighted by Crippen LogP contribution is 2.77. The molecule has 2 saturated heterocycles. The van der Waals surface area contributed by atoms with Gasteiger partial charge in [-0.1, -0.05) is 13.8 Å². The summed E-state index contributed by atoms with van der Waals surface area (Å²) in [6.45, 7) is 4.89. The molecule has 2 aliphatic heterocycles. The van der Waals surface area contributed by atoms with Crippen molar-refractivity contribution in [3.8, 4) is 0 Å². The van der Waals surface area contributed by atoms with Gasteiger partial charge in [-0.25, -0.2) is 10.0 Å². The first kappa shape index (κ1) is 6.09. The van der Waals surface area contributed by atoms with E-state index in [9.17, 15) is 0 Å². The van der Waals surface area contributed by atoms with Crippen molar-refractivity contribution >= 4 is 10.0 Å². The van der Waals surface area contributed by atoms with E-state index in [4.69, 9.17) is 0 Å². The molecule has 0 N–H and O–H groups in total. The maximum Gasteiger partial charge on any atom is -0.00898 e. The molecule has 0 aromatic carbocycles. The van der Waals surface area contributed by atoms with Crippen LogP contribution < -0.4 is 0 Å². The Labute approximate surface area is 59.3 Å². The van der Waals surface area contributed by atoms with Gasteiger partial charge in [0.2, 0.25) is 0 Å². The third-order valence-electron chi connectivity index (χ3n) is 3.64. The summed E-state index contributed by atoms with van der Waals surface area (Å²) in [5, 5.41) is 3.40. The molecule has 0 amide bonds. The van der Waals surface area contributed by atoms with E-state index in [0.717, 1.165) is 10.5 Å². The Kier molecular flexibility index (Phi) is 1.01. The van der Waals surface area contributed by atoms with Crippen LogP contribution in [0, 0.1) is 0 Å². The zero-order valence-corrected chi connectivity index (χ0v) is 7.37. The van der Waals surface area contributed by atoms with Gasteiger partial charge in [-0.2, -0.15) is 0 Å². The van der Waals surface area contributed by atoms with Crippen molar-refractivity contribution in [2.45, 2.75) is 42.4 Å². The minimum absolute atomic E-state index is 0.0370. The second kappa shape index (κ2) is 1.50. The Morgan fingerprint density at radius 2 is 1.56 bits per heavy atom. The highest BCUT2D eigenvalue weighted by molar-refractivity contribution is 8.36. The molecular weight excluding hydrogens is 128 g/mol. The topological polar surface area (TPSA) is 0 Å². The molecule has 2 heterocycles. The van der Waals surface area contributed by atoms with Crippen molar-refractivity contribution in [3.63, 3.8) is 0 Å². The lowest BCUT2D eigenvalue weighted by atomic mass is 10.1. The normalized spacial score (nSPS) is 70.8. The molecule has 2 aliphatic rings. The van der Waals surface area contributed by atoms with E-state index in [1.54, 1.807) is 12.8 Å². The molecule has 0 aromatic heterocycles. The number of rotatable bonds is 0. The highest BCUT2D eigenvalue weighted by Gasteiger charge is 2.55. The van der Waals surface area contributed by atoms with Crippen molar-refractivity contribution in [2.75, 3.05) is 6.26 Å². The van der Waals surface area contributed by atoms with Crippen LogP contribution in [0.2, 0.25) is 0 Å². The first-order chi connectivity index (χ1) is 4.15. The summed E-state index contributed by atoms with van der Waals surface area (Å²) in [5.74, 6) is 0. The predicted molar refractivity (Wildman–Crippen MR) is 45.5 cm³/mol. The minimum atomic E-state index is -0.0370. The monoisotopic (exact) mass is 144 g/mol. The van der Waals surface area contributed by atoms with Crippen molar-refractivity contribution in [3.05, 3.63) is 0 Å². The van der Waals surface area contributed by atoms with E-state index in [1.165, 1.54) is 5.25 Å². The van der Waals surface area contributed by atoms with Crippen LogP contribution >= 0.6 is 10.0 Å². The molecule has 0 nitrogen and oxygen atoms in total. The van der Waals surface area contributed by atoms with Crippen LogP contribution in [0.4, 0.5) is 0 Å². The zero-order valence-electron chi connectivity index (χ0n) is 6.55. The third-order valence-corrected chi connectivity index (χ3v) is 9.32. The molecule has 2 rings (SSSR count). The largest absolute Gasteiger partial charge is 0.236 e. The van der Waals surface area contributed by atoms with Crippen LogP contribution in [0.25, 0.3) is 0 Å². The molecule has 54 valence electrons. The molecule has 2 atom stereocenters. The van der Waals surface area contributed by atoms with E-state index in [2.05, 4.69) is 20.1 Å². The molecular formula is C8H16S. The van der Waals surface area contributed by atoms with Gasteiger partial charge >= 0.3 is 0 Å². The van der Waals surface area contributed by atoms with Gasteiger partial charge in [-0.3, -0.25) is 0 Å². The molecule has 0 aromatic rings. The van der Waals surface area contributed by atoms with Crippen molar-refractivity contribution in [1.29, 1.82) is 0 Å². The predicted octanol–water partition coefficient (Wildman–Crippen LogP) is 2.37. The van der Waals surface area contributed by atoms with Crippen LogP contribution in [0.15, 0.2) is 0 Å². The lowest BCUT2D eigenvalue weighted by Crippen LogP contribution is -2.54. The van der Waals surface area contributed by atoms with E-state index < -0.39 is 0 Å².